The quantitative estimate of drug-likeness (QED) is 0.634. The summed E-state index contributed by atoms with van der Waals surface area (Å²) in [4.78, 5) is 11.2. The van der Waals surface area contributed by atoms with Crippen molar-refractivity contribution in [2.45, 2.75) is 38.3 Å². The van der Waals surface area contributed by atoms with Crippen molar-refractivity contribution in [1.82, 2.24) is 5.32 Å². The van der Waals surface area contributed by atoms with Crippen LogP contribution in [0, 0.1) is 10.1 Å². The van der Waals surface area contributed by atoms with E-state index in [1.807, 2.05) is 6.07 Å². The third-order valence-electron chi connectivity index (χ3n) is 2.75. The Morgan fingerprint density at radius 2 is 2.20 bits per heavy atom. The van der Waals surface area contributed by atoms with Gasteiger partial charge in [0.2, 0.25) is 0 Å². The van der Waals surface area contributed by atoms with Crippen molar-refractivity contribution in [3.05, 3.63) is 27.1 Å². The molecule has 82 valence electrons. The van der Waals surface area contributed by atoms with Gasteiger partial charge in [-0.15, -0.1) is 0 Å². The fraction of sp³-hybridized carbons (Fsp3) is 0.600. The van der Waals surface area contributed by atoms with Gasteiger partial charge in [0.1, 0.15) is 0 Å². The lowest BCUT2D eigenvalue weighted by Crippen LogP contribution is -2.24. The van der Waals surface area contributed by atoms with E-state index in [-0.39, 0.29) is 9.92 Å². The number of hydrogen-bond donors (Lipinski definition) is 1. The molecule has 1 saturated carbocycles. The van der Waals surface area contributed by atoms with Gasteiger partial charge in [-0.1, -0.05) is 24.2 Å². The molecule has 0 aliphatic heterocycles. The molecule has 1 N–H and O–H groups in total. The maximum Gasteiger partial charge on any atom is 0.324 e. The summed E-state index contributed by atoms with van der Waals surface area (Å²) < 4.78 is 0. The van der Waals surface area contributed by atoms with Gasteiger partial charge in [-0.05, 0) is 18.9 Å². The number of nitrogens with zero attached hydrogens (tertiary/aromatic N) is 1. The van der Waals surface area contributed by atoms with Gasteiger partial charge in [-0.2, -0.15) is 0 Å². The van der Waals surface area contributed by atoms with E-state index >= 15 is 0 Å². The van der Waals surface area contributed by atoms with Crippen molar-refractivity contribution in [1.29, 1.82) is 0 Å². The fourth-order valence-corrected chi connectivity index (χ4v) is 2.71. The number of thiophene rings is 1. The van der Waals surface area contributed by atoms with Crippen molar-refractivity contribution in [3.8, 4) is 0 Å². The zero-order valence-corrected chi connectivity index (χ0v) is 9.26. The highest BCUT2D eigenvalue weighted by Gasteiger charge is 2.15. The minimum Gasteiger partial charge on any atom is -0.309 e. The highest BCUT2D eigenvalue weighted by atomic mass is 32.1. The molecule has 1 aliphatic carbocycles. The molecule has 0 bridgehead atoms. The molecule has 0 radical (unpaired) electrons. The first kappa shape index (κ1) is 10.6. The first-order valence-electron chi connectivity index (χ1n) is 5.22. The molecule has 0 amide bonds. The van der Waals surface area contributed by atoms with Gasteiger partial charge in [0.15, 0.2) is 0 Å². The lowest BCUT2D eigenvalue weighted by molar-refractivity contribution is -0.380. The molecule has 15 heavy (non-hydrogen) atoms. The van der Waals surface area contributed by atoms with Crippen LogP contribution in [0.3, 0.4) is 0 Å². The van der Waals surface area contributed by atoms with E-state index in [2.05, 4.69) is 5.32 Å². The molecule has 1 aromatic heterocycles. The minimum absolute atomic E-state index is 0.234. The number of rotatable bonds is 4. The summed E-state index contributed by atoms with van der Waals surface area (Å²) in [6.07, 6.45) is 5.10. The van der Waals surface area contributed by atoms with Crippen LogP contribution in [0.4, 0.5) is 5.00 Å². The number of hydrogen-bond acceptors (Lipinski definition) is 4. The maximum atomic E-state index is 10.5. The van der Waals surface area contributed by atoms with E-state index in [1.165, 1.54) is 37.0 Å². The van der Waals surface area contributed by atoms with Crippen LogP contribution in [-0.2, 0) is 6.54 Å². The molecule has 0 saturated heterocycles. The Bertz CT molecular complexity index is 345. The average molecular weight is 226 g/mol. The van der Waals surface area contributed by atoms with E-state index in [9.17, 15) is 10.1 Å². The van der Waals surface area contributed by atoms with Gasteiger partial charge in [0, 0.05) is 23.5 Å². The summed E-state index contributed by atoms with van der Waals surface area (Å²) in [7, 11) is 0. The SMILES string of the molecule is O=[N+]([O-])c1ccc(CNC2CCCC2)s1. The smallest absolute Gasteiger partial charge is 0.309 e. The zero-order chi connectivity index (χ0) is 10.7. The van der Waals surface area contributed by atoms with Crippen LogP contribution in [-0.4, -0.2) is 11.0 Å². The predicted octanol–water partition coefficient (Wildman–Crippen LogP) is 2.69. The Morgan fingerprint density at radius 1 is 1.47 bits per heavy atom. The normalized spacial score (nSPS) is 17.1. The first-order chi connectivity index (χ1) is 7.25. The molecule has 1 fully saturated rings. The van der Waals surface area contributed by atoms with Gasteiger partial charge in [0.05, 0.1) is 4.92 Å². The van der Waals surface area contributed by atoms with Crippen LogP contribution >= 0.6 is 11.3 Å². The Kier molecular flexibility index (Phi) is 3.33. The highest BCUT2D eigenvalue weighted by Crippen LogP contribution is 2.24. The van der Waals surface area contributed by atoms with Crippen molar-refractivity contribution < 1.29 is 4.92 Å². The van der Waals surface area contributed by atoms with E-state index in [0.29, 0.717) is 6.04 Å². The van der Waals surface area contributed by atoms with Gasteiger partial charge >= 0.3 is 5.00 Å². The lowest BCUT2D eigenvalue weighted by atomic mass is 10.2. The summed E-state index contributed by atoms with van der Waals surface area (Å²) in [6.45, 7) is 0.767. The van der Waals surface area contributed by atoms with Crippen molar-refractivity contribution >= 4 is 16.3 Å². The number of nitrogens with one attached hydrogen (secondary N) is 1. The van der Waals surface area contributed by atoms with Crippen LogP contribution in [0.25, 0.3) is 0 Å². The van der Waals surface area contributed by atoms with Crippen molar-refractivity contribution in [2.24, 2.45) is 0 Å². The van der Waals surface area contributed by atoms with E-state index in [0.717, 1.165) is 11.4 Å². The third-order valence-corrected chi connectivity index (χ3v) is 3.78. The molecule has 0 aromatic carbocycles. The van der Waals surface area contributed by atoms with E-state index < -0.39 is 0 Å². The summed E-state index contributed by atoms with van der Waals surface area (Å²) in [5, 5.41) is 14.1. The minimum atomic E-state index is -0.330. The van der Waals surface area contributed by atoms with Crippen molar-refractivity contribution in [2.75, 3.05) is 0 Å². The first-order valence-corrected chi connectivity index (χ1v) is 6.04. The van der Waals surface area contributed by atoms with Gasteiger partial charge < -0.3 is 5.32 Å². The molecule has 5 heteroatoms. The molecule has 0 unspecified atom stereocenters. The largest absolute Gasteiger partial charge is 0.324 e. The van der Waals surface area contributed by atoms with E-state index in [4.69, 9.17) is 0 Å². The summed E-state index contributed by atoms with van der Waals surface area (Å²) in [5.74, 6) is 0. The van der Waals surface area contributed by atoms with Gasteiger partial charge in [-0.3, -0.25) is 10.1 Å². The Balaban J connectivity index is 1.84. The number of nitro groups is 1. The van der Waals surface area contributed by atoms with Crippen LogP contribution < -0.4 is 5.32 Å². The van der Waals surface area contributed by atoms with Crippen molar-refractivity contribution in [3.63, 3.8) is 0 Å². The molecule has 4 nitrogen and oxygen atoms in total. The van der Waals surface area contributed by atoms with Gasteiger partial charge in [0.25, 0.3) is 0 Å². The summed E-state index contributed by atoms with van der Waals surface area (Å²) >= 11 is 1.26. The molecular formula is C10H14N2O2S. The highest BCUT2D eigenvalue weighted by molar-refractivity contribution is 7.15. The topological polar surface area (TPSA) is 55.2 Å². The van der Waals surface area contributed by atoms with Crippen LogP contribution in [0.2, 0.25) is 0 Å². The van der Waals surface area contributed by atoms with Crippen LogP contribution in [0.15, 0.2) is 12.1 Å². The molecule has 1 heterocycles. The van der Waals surface area contributed by atoms with E-state index in [1.54, 1.807) is 6.07 Å². The maximum absolute atomic E-state index is 10.5. The third kappa shape index (κ3) is 2.76. The van der Waals surface area contributed by atoms with Crippen LogP contribution in [0.1, 0.15) is 30.6 Å². The molecule has 1 aromatic rings. The lowest BCUT2D eigenvalue weighted by Gasteiger charge is -2.09. The zero-order valence-electron chi connectivity index (χ0n) is 8.44. The Morgan fingerprint density at radius 3 is 2.80 bits per heavy atom. The second-order valence-corrected chi connectivity index (χ2v) is 5.01. The fourth-order valence-electron chi connectivity index (χ4n) is 1.93. The predicted molar refractivity (Wildman–Crippen MR) is 60.1 cm³/mol. The molecule has 2 rings (SSSR count). The monoisotopic (exact) mass is 226 g/mol. The Labute approximate surface area is 92.5 Å². The summed E-state index contributed by atoms with van der Waals surface area (Å²) in [5.41, 5.74) is 0. The van der Waals surface area contributed by atoms with Crippen LogP contribution in [0.5, 0.6) is 0 Å². The molecule has 0 atom stereocenters. The molecule has 1 aliphatic rings. The standard InChI is InChI=1S/C10H14N2O2S/c13-12(14)10-6-5-9(15-10)7-11-8-3-1-2-4-8/h5-6,8,11H,1-4,7H2. The second-order valence-electron chi connectivity index (χ2n) is 3.86. The second kappa shape index (κ2) is 4.72. The molecular weight excluding hydrogens is 212 g/mol. The van der Waals surface area contributed by atoms with Gasteiger partial charge in [-0.25, -0.2) is 0 Å². The average Bonchev–Trinajstić information content (AvgIpc) is 2.86. The molecule has 0 spiro atoms. The summed E-state index contributed by atoms with van der Waals surface area (Å²) in [6, 6.07) is 4.03. The Hall–Kier alpha value is -0.940.